The van der Waals surface area contributed by atoms with Crippen molar-refractivity contribution in [2.45, 2.75) is 43.4 Å². The summed E-state index contributed by atoms with van der Waals surface area (Å²) < 4.78 is 5.77. The molecule has 1 aliphatic rings. The molecule has 5 rings (SSSR count). The number of hydrogen-bond donors (Lipinski definition) is 4. The number of para-hydroxylation sites is 1. The lowest BCUT2D eigenvalue weighted by atomic mass is 10.1. The van der Waals surface area contributed by atoms with Gasteiger partial charge in [-0.05, 0) is 68.1 Å². The van der Waals surface area contributed by atoms with Gasteiger partial charge in [0.25, 0.3) is 0 Å². The van der Waals surface area contributed by atoms with Crippen LogP contribution in [0.5, 0.6) is 0 Å². The van der Waals surface area contributed by atoms with Crippen molar-refractivity contribution in [3.63, 3.8) is 0 Å². The second-order valence-corrected chi connectivity index (χ2v) is 9.48. The van der Waals surface area contributed by atoms with E-state index in [9.17, 15) is 0 Å². The van der Waals surface area contributed by atoms with Crippen LogP contribution in [-0.4, -0.2) is 28.8 Å². The molecular weight excluding hydrogens is 456 g/mol. The van der Waals surface area contributed by atoms with Crippen LogP contribution < -0.4 is 10.6 Å². The molecule has 3 N–H and O–H groups in total. The Morgan fingerprint density at radius 3 is 2.77 bits per heavy atom. The molecule has 8 heteroatoms. The van der Waals surface area contributed by atoms with Crippen LogP contribution in [-0.2, 0) is 17.8 Å². The Morgan fingerprint density at radius 1 is 1.06 bits per heavy atom. The molecule has 0 amide bonds. The van der Waals surface area contributed by atoms with Gasteiger partial charge in [-0.15, -0.1) is 12.6 Å². The Labute approximate surface area is 210 Å². The first kappa shape index (κ1) is 23.4. The van der Waals surface area contributed by atoms with Crippen LogP contribution in [0.1, 0.15) is 31.0 Å². The van der Waals surface area contributed by atoms with Gasteiger partial charge < -0.3 is 20.4 Å². The molecule has 0 unspecified atom stereocenters. The highest BCUT2D eigenvalue weighted by atomic mass is 32.1. The number of aromatic amines is 1. The van der Waals surface area contributed by atoms with E-state index >= 15 is 0 Å². The molecule has 3 heterocycles. The van der Waals surface area contributed by atoms with Crippen molar-refractivity contribution in [1.82, 2.24) is 9.97 Å². The quantitative estimate of drug-likeness (QED) is 0.132. The van der Waals surface area contributed by atoms with Crippen LogP contribution >= 0.6 is 12.6 Å². The minimum Gasteiger partial charge on any atom is -0.384 e. The van der Waals surface area contributed by atoms with E-state index in [0.717, 1.165) is 53.5 Å². The highest BCUT2D eigenvalue weighted by molar-refractivity contribution is 7.80. The molecule has 1 aliphatic heterocycles. The number of thiol groups is 1. The van der Waals surface area contributed by atoms with Crippen molar-refractivity contribution in [2.75, 3.05) is 23.8 Å². The Balaban J connectivity index is 1.10. The average Bonchev–Trinajstić information content (AvgIpc) is 3.45. The summed E-state index contributed by atoms with van der Waals surface area (Å²) in [5, 5.41) is 16.3. The normalized spacial score (nSPS) is 13.8. The SMILES string of the molecule is CC1(CCCOCc2cc(Nc3ccc(NCCc4c[nH]c5ccccc45)c(S)c3)ccn2)N=N1. The fourth-order valence-corrected chi connectivity index (χ4v) is 4.39. The van der Waals surface area contributed by atoms with Gasteiger partial charge in [0, 0.05) is 58.4 Å². The maximum absolute atomic E-state index is 5.77. The molecule has 7 nitrogen and oxygen atoms in total. The average molecular weight is 487 g/mol. The van der Waals surface area contributed by atoms with Gasteiger partial charge >= 0.3 is 0 Å². The molecule has 0 bridgehead atoms. The largest absolute Gasteiger partial charge is 0.384 e. The number of benzene rings is 2. The number of pyridine rings is 1. The predicted octanol–water partition coefficient (Wildman–Crippen LogP) is 6.73. The number of anilines is 3. The minimum absolute atomic E-state index is 0.153. The molecule has 0 spiro atoms. The van der Waals surface area contributed by atoms with Gasteiger partial charge in [-0.1, -0.05) is 18.2 Å². The van der Waals surface area contributed by atoms with E-state index in [1.807, 2.05) is 25.1 Å². The second-order valence-electron chi connectivity index (χ2n) is 9.00. The van der Waals surface area contributed by atoms with Crippen LogP contribution in [0.3, 0.4) is 0 Å². The number of hydrogen-bond acceptors (Lipinski definition) is 7. The molecule has 2 aromatic heterocycles. The van der Waals surface area contributed by atoms with E-state index in [-0.39, 0.29) is 5.66 Å². The fourth-order valence-electron chi connectivity index (χ4n) is 4.10. The highest BCUT2D eigenvalue weighted by Gasteiger charge is 2.32. The molecule has 2 aromatic carbocycles. The van der Waals surface area contributed by atoms with Crippen LogP contribution in [0.2, 0.25) is 0 Å². The van der Waals surface area contributed by atoms with Gasteiger partial charge in [-0.25, -0.2) is 0 Å². The van der Waals surface area contributed by atoms with Crippen molar-refractivity contribution in [3.05, 3.63) is 78.2 Å². The van der Waals surface area contributed by atoms with Crippen LogP contribution in [0, 0.1) is 0 Å². The number of rotatable bonds is 12. The standard InChI is InChI=1S/C27H30N6OS/c1-27(32-33-27)11-4-14-34-18-22-15-21(10-13-28-22)31-20-7-8-25(26(35)16-20)29-12-9-19-17-30-24-6-3-2-5-23(19)24/h2-3,5-8,10,13,15-17,29-30,35H,4,9,11-12,14,18H2,1H3,(H,28,31). The molecule has 180 valence electrons. The summed E-state index contributed by atoms with van der Waals surface area (Å²) in [5.41, 5.74) is 6.18. The monoisotopic (exact) mass is 486 g/mol. The Hall–Kier alpha value is -3.36. The van der Waals surface area contributed by atoms with Gasteiger partial charge in [0.1, 0.15) is 0 Å². The zero-order chi connectivity index (χ0) is 24.1. The molecule has 0 saturated heterocycles. The van der Waals surface area contributed by atoms with E-state index in [1.54, 1.807) is 6.20 Å². The zero-order valence-corrected chi connectivity index (χ0v) is 20.7. The molecular formula is C27H30N6OS. The number of nitrogens with one attached hydrogen (secondary N) is 3. The smallest absolute Gasteiger partial charge is 0.188 e. The number of ether oxygens (including phenoxy) is 1. The summed E-state index contributed by atoms with van der Waals surface area (Å²) in [7, 11) is 0. The van der Waals surface area contributed by atoms with Gasteiger partial charge in [0.05, 0.1) is 12.3 Å². The Morgan fingerprint density at radius 2 is 1.91 bits per heavy atom. The molecule has 0 radical (unpaired) electrons. The lowest BCUT2D eigenvalue weighted by Crippen LogP contribution is -2.06. The lowest BCUT2D eigenvalue weighted by Gasteiger charge is -2.13. The van der Waals surface area contributed by atoms with Crippen molar-refractivity contribution >= 4 is 40.6 Å². The first-order valence-electron chi connectivity index (χ1n) is 11.9. The van der Waals surface area contributed by atoms with Crippen molar-refractivity contribution < 1.29 is 4.74 Å². The second kappa shape index (κ2) is 10.5. The molecule has 35 heavy (non-hydrogen) atoms. The topological polar surface area (TPSA) is 86.7 Å². The molecule has 0 fully saturated rings. The van der Waals surface area contributed by atoms with Gasteiger partial charge in [0.15, 0.2) is 5.66 Å². The van der Waals surface area contributed by atoms with E-state index in [0.29, 0.717) is 13.2 Å². The third-order valence-corrected chi connectivity index (χ3v) is 6.49. The van der Waals surface area contributed by atoms with Crippen molar-refractivity contribution in [3.8, 4) is 0 Å². The van der Waals surface area contributed by atoms with Crippen LogP contribution in [0.15, 0.2) is 82.1 Å². The molecule has 4 aromatic rings. The number of aromatic nitrogens is 2. The molecule has 0 aliphatic carbocycles. The maximum atomic E-state index is 5.77. The van der Waals surface area contributed by atoms with Crippen molar-refractivity contribution in [1.29, 1.82) is 0 Å². The van der Waals surface area contributed by atoms with Crippen LogP contribution in [0.4, 0.5) is 17.1 Å². The fraction of sp³-hybridized carbons (Fsp3) is 0.296. The Bertz CT molecular complexity index is 1330. The molecule has 0 atom stereocenters. The first-order chi connectivity index (χ1) is 17.1. The Kier molecular flexibility index (Phi) is 7.01. The van der Waals surface area contributed by atoms with E-state index < -0.39 is 0 Å². The summed E-state index contributed by atoms with van der Waals surface area (Å²) in [6.07, 6.45) is 6.70. The maximum Gasteiger partial charge on any atom is 0.188 e. The molecule has 0 saturated carbocycles. The van der Waals surface area contributed by atoms with E-state index in [4.69, 9.17) is 17.4 Å². The third-order valence-electron chi connectivity index (χ3n) is 6.12. The van der Waals surface area contributed by atoms with Gasteiger partial charge in [-0.2, -0.15) is 10.2 Å². The summed E-state index contributed by atoms with van der Waals surface area (Å²) in [5.74, 6) is 0. The predicted molar refractivity (Wildman–Crippen MR) is 144 cm³/mol. The summed E-state index contributed by atoms with van der Waals surface area (Å²) in [6, 6.07) is 18.5. The first-order valence-corrected chi connectivity index (χ1v) is 12.4. The number of H-pyrrole nitrogens is 1. The van der Waals surface area contributed by atoms with Gasteiger partial charge in [0.2, 0.25) is 0 Å². The van der Waals surface area contributed by atoms with Crippen LogP contribution in [0.25, 0.3) is 10.9 Å². The van der Waals surface area contributed by atoms with E-state index in [2.05, 4.69) is 73.4 Å². The summed E-state index contributed by atoms with van der Waals surface area (Å²) >= 11 is 4.70. The lowest BCUT2D eigenvalue weighted by molar-refractivity contribution is 0.113. The minimum atomic E-state index is -0.153. The highest BCUT2D eigenvalue weighted by Crippen LogP contribution is 2.32. The third kappa shape index (κ3) is 6.21. The summed E-state index contributed by atoms with van der Waals surface area (Å²) in [4.78, 5) is 8.65. The summed E-state index contributed by atoms with van der Waals surface area (Å²) in [6.45, 7) is 4.03. The number of fused-ring (bicyclic) bond motifs is 1. The van der Waals surface area contributed by atoms with Crippen molar-refractivity contribution in [2.24, 2.45) is 10.2 Å². The number of nitrogens with zero attached hydrogens (tertiary/aromatic N) is 3. The van der Waals surface area contributed by atoms with E-state index in [1.165, 1.54) is 16.5 Å². The van der Waals surface area contributed by atoms with Gasteiger partial charge in [-0.3, -0.25) is 4.98 Å². The zero-order valence-electron chi connectivity index (χ0n) is 19.8.